The molecule has 78 valence electrons. The minimum absolute atomic E-state index is 0. The van der Waals surface area contributed by atoms with E-state index in [1.807, 2.05) is 32.9 Å². The van der Waals surface area contributed by atoms with E-state index < -0.39 is 0 Å². The van der Waals surface area contributed by atoms with Gasteiger partial charge in [-0.25, -0.2) is 4.39 Å². The normalized spacial score (nSPS) is 10.6. The van der Waals surface area contributed by atoms with Crippen LogP contribution in [0.1, 0.15) is 31.9 Å². The smallest absolute Gasteiger partial charge is 0.127 e. The van der Waals surface area contributed by atoms with Gasteiger partial charge in [-0.15, -0.1) is 0 Å². The van der Waals surface area contributed by atoms with Gasteiger partial charge in [0.25, 0.3) is 0 Å². The summed E-state index contributed by atoms with van der Waals surface area (Å²) in [7, 11) is 0. The van der Waals surface area contributed by atoms with Crippen molar-refractivity contribution in [2.24, 2.45) is 0 Å². The van der Waals surface area contributed by atoms with E-state index in [2.05, 4.69) is 6.58 Å². The fourth-order valence-electron chi connectivity index (χ4n) is 1.27. The van der Waals surface area contributed by atoms with Gasteiger partial charge in [-0.1, -0.05) is 45.6 Å². The summed E-state index contributed by atoms with van der Waals surface area (Å²) in [6.45, 7) is 9.59. The lowest BCUT2D eigenvalue weighted by Crippen LogP contribution is -2.13. The van der Waals surface area contributed by atoms with Crippen molar-refractivity contribution in [2.45, 2.75) is 26.2 Å². The number of rotatable bonds is 1. The van der Waals surface area contributed by atoms with Crippen LogP contribution in [0.2, 0.25) is 0 Å². The summed E-state index contributed by atoms with van der Waals surface area (Å²) in [4.78, 5) is 0. The summed E-state index contributed by atoms with van der Waals surface area (Å²) in [6.07, 6.45) is 1.65. The van der Waals surface area contributed by atoms with E-state index in [-0.39, 0.29) is 17.4 Å². The monoisotopic (exact) mass is 195 g/mol. The van der Waals surface area contributed by atoms with Crippen LogP contribution in [0.4, 0.5) is 4.39 Å². The van der Waals surface area contributed by atoms with Crippen molar-refractivity contribution >= 4 is 6.08 Å². The van der Waals surface area contributed by atoms with Gasteiger partial charge in [-0.3, -0.25) is 0 Å². The van der Waals surface area contributed by atoms with E-state index >= 15 is 0 Å². The molecule has 0 aromatic heterocycles. The molecule has 1 rings (SSSR count). The summed E-state index contributed by atoms with van der Waals surface area (Å²) in [6, 6.07) is 5.23. The summed E-state index contributed by atoms with van der Waals surface area (Å²) >= 11 is 0. The maximum absolute atomic E-state index is 13.5. The lowest BCUT2D eigenvalue weighted by atomic mass is 9.86. The maximum atomic E-state index is 13.5. The van der Waals surface area contributed by atoms with E-state index in [9.17, 15) is 4.39 Å². The molecule has 3 N–H and O–H groups in total. The van der Waals surface area contributed by atoms with Crippen LogP contribution in [-0.4, -0.2) is 0 Å². The van der Waals surface area contributed by atoms with Crippen molar-refractivity contribution in [3.63, 3.8) is 0 Å². The Morgan fingerprint density at radius 2 is 1.86 bits per heavy atom. The van der Waals surface area contributed by atoms with Crippen molar-refractivity contribution in [1.82, 2.24) is 6.15 Å². The van der Waals surface area contributed by atoms with Crippen LogP contribution in [0, 0.1) is 5.82 Å². The minimum atomic E-state index is -0.148. The molecule has 0 atom stereocenters. The third kappa shape index (κ3) is 2.67. The van der Waals surface area contributed by atoms with Crippen LogP contribution >= 0.6 is 0 Å². The molecule has 0 saturated heterocycles. The zero-order chi connectivity index (χ0) is 10.1. The van der Waals surface area contributed by atoms with E-state index in [0.29, 0.717) is 0 Å². The zero-order valence-electron chi connectivity index (χ0n) is 9.10. The average molecular weight is 195 g/mol. The zero-order valence-corrected chi connectivity index (χ0v) is 9.10. The highest BCUT2D eigenvalue weighted by Crippen LogP contribution is 2.25. The predicted octanol–water partition coefficient (Wildman–Crippen LogP) is 3.93. The number of hydrogen-bond donors (Lipinski definition) is 1. The van der Waals surface area contributed by atoms with E-state index in [1.54, 1.807) is 6.08 Å². The minimum Gasteiger partial charge on any atom is -0.344 e. The third-order valence-electron chi connectivity index (χ3n) is 2.04. The van der Waals surface area contributed by atoms with Crippen molar-refractivity contribution in [2.75, 3.05) is 0 Å². The SMILES string of the molecule is C=Cc1ccc(C(C)(C)C)c(F)c1.N. The van der Waals surface area contributed by atoms with E-state index in [4.69, 9.17) is 0 Å². The average Bonchev–Trinajstić information content (AvgIpc) is 2.01. The van der Waals surface area contributed by atoms with Gasteiger partial charge in [0, 0.05) is 0 Å². The first-order valence-corrected chi connectivity index (χ1v) is 4.37. The van der Waals surface area contributed by atoms with Gasteiger partial charge in [-0.2, -0.15) is 0 Å². The second-order valence-corrected chi connectivity index (χ2v) is 4.19. The summed E-state index contributed by atoms with van der Waals surface area (Å²) in [5, 5.41) is 0. The molecule has 0 saturated carbocycles. The fraction of sp³-hybridized carbons (Fsp3) is 0.333. The molecular weight excluding hydrogens is 177 g/mol. The second kappa shape index (κ2) is 4.38. The van der Waals surface area contributed by atoms with Crippen LogP contribution in [0.5, 0.6) is 0 Å². The first-order chi connectivity index (χ1) is 5.95. The molecule has 0 bridgehead atoms. The molecular formula is C12H18FN. The first kappa shape index (κ1) is 12.8. The van der Waals surface area contributed by atoms with Crippen LogP contribution < -0.4 is 6.15 Å². The molecule has 0 aliphatic heterocycles. The lowest BCUT2D eigenvalue weighted by Gasteiger charge is -2.19. The second-order valence-electron chi connectivity index (χ2n) is 4.19. The Hall–Kier alpha value is -1.15. The molecule has 0 spiro atoms. The summed E-state index contributed by atoms with van der Waals surface area (Å²) in [5.41, 5.74) is 1.44. The molecule has 0 aliphatic carbocycles. The number of benzene rings is 1. The lowest BCUT2D eigenvalue weighted by molar-refractivity contribution is 0.523. The Kier molecular flexibility index (Phi) is 4.02. The topological polar surface area (TPSA) is 35.0 Å². The van der Waals surface area contributed by atoms with Crippen LogP contribution in [0.25, 0.3) is 6.08 Å². The molecule has 1 aromatic carbocycles. The van der Waals surface area contributed by atoms with Crippen molar-refractivity contribution in [3.8, 4) is 0 Å². The van der Waals surface area contributed by atoms with Gasteiger partial charge in [0.2, 0.25) is 0 Å². The quantitative estimate of drug-likeness (QED) is 0.724. The maximum Gasteiger partial charge on any atom is 0.127 e. The molecule has 0 radical (unpaired) electrons. The Morgan fingerprint density at radius 1 is 1.29 bits per heavy atom. The third-order valence-corrected chi connectivity index (χ3v) is 2.04. The van der Waals surface area contributed by atoms with Crippen LogP contribution in [0.3, 0.4) is 0 Å². The number of halogens is 1. The molecule has 0 amide bonds. The highest BCUT2D eigenvalue weighted by Gasteiger charge is 2.17. The Balaban J connectivity index is 0.00000169. The fourth-order valence-corrected chi connectivity index (χ4v) is 1.27. The molecule has 0 heterocycles. The largest absolute Gasteiger partial charge is 0.344 e. The summed E-state index contributed by atoms with van der Waals surface area (Å²) < 4.78 is 13.5. The standard InChI is InChI=1S/C12H15F.H3N/c1-5-9-6-7-10(11(13)8-9)12(2,3)4;/h5-8H,1H2,2-4H3;1H3. The van der Waals surface area contributed by atoms with E-state index in [1.165, 1.54) is 6.07 Å². The Morgan fingerprint density at radius 3 is 2.21 bits per heavy atom. The van der Waals surface area contributed by atoms with Gasteiger partial charge >= 0.3 is 0 Å². The Labute approximate surface area is 85.2 Å². The van der Waals surface area contributed by atoms with Crippen LogP contribution in [0.15, 0.2) is 24.8 Å². The molecule has 0 aliphatic rings. The Bertz CT molecular complexity index is 324. The highest BCUT2D eigenvalue weighted by molar-refractivity contribution is 5.48. The molecule has 1 nitrogen and oxygen atoms in total. The van der Waals surface area contributed by atoms with Gasteiger partial charge in [0.1, 0.15) is 5.82 Å². The van der Waals surface area contributed by atoms with Gasteiger partial charge in [0.05, 0.1) is 0 Å². The molecule has 0 fully saturated rings. The van der Waals surface area contributed by atoms with Crippen molar-refractivity contribution in [3.05, 3.63) is 41.7 Å². The number of hydrogen-bond acceptors (Lipinski definition) is 1. The van der Waals surface area contributed by atoms with Crippen molar-refractivity contribution in [1.29, 1.82) is 0 Å². The molecule has 14 heavy (non-hydrogen) atoms. The predicted molar refractivity (Wildman–Crippen MR) is 60.2 cm³/mol. The first-order valence-electron chi connectivity index (χ1n) is 4.37. The van der Waals surface area contributed by atoms with E-state index in [0.717, 1.165) is 11.1 Å². The summed E-state index contributed by atoms with van der Waals surface area (Å²) in [5.74, 6) is -0.148. The molecule has 1 aromatic rings. The van der Waals surface area contributed by atoms with Gasteiger partial charge < -0.3 is 6.15 Å². The highest BCUT2D eigenvalue weighted by atomic mass is 19.1. The molecule has 0 unspecified atom stereocenters. The van der Waals surface area contributed by atoms with Crippen LogP contribution in [-0.2, 0) is 5.41 Å². The van der Waals surface area contributed by atoms with Crippen molar-refractivity contribution < 1.29 is 4.39 Å². The molecule has 2 heteroatoms. The van der Waals surface area contributed by atoms with Gasteiger partial charge in [0.15, 0.2) is 0 Å². The van der Waals surface area contributed by atoms with Gasteiger partial charge in [-0.05, 0) is 22.6 Å².